The van der Waals surface area contributed by atoms with Gasteiger partial charge in [0.15, 0.2) is 5.82 Å². The minimum absolute atomic E-state index is 0.00877. The van der Waals surface area contributed by atoms with Crippen LogP contribution in [0.4, 0.5) is 26.5 Å². The number of hydrogen-bond donors (Lipinski definition) is 1. The van der Waals surface area contributed by atoms with Crippen LogP contribution >= 0.6 is 0 Å². The van der Waals surface area contributed by atoms with Gasteiger partial charge in [-0.1, -0.05) is 0 Å². The molecular formula is C21H29F2N7O2. The van der Waals surface area contributed by atoms with E-state index in [-0.39, 0.29) is 41.6 Å². The zero-order chi connectivity index (χ0) is 23.0. The zero-order valence-electron chi connectivity index (χ0n) is 18.7. The Bertz CT molecular complexity index is 899. The van der Waals surface area contributed by atoms with Crippen LogP contribution in [0.5, 0.6) is 0 Å². The second kappa shape index (κ2) is 9.07. The third-order valence-corrected chi connectivity index (χ3v) is 5.46. The third-order valence-electron chi connectivity index (χ3n) is 5.46. The summed E-state index contributed by atoms with van der Waals surface area (Å²) >= 11 is 0. The van der Waals surface area contributed by atoms with Gasteiger partial charge in [-0.05, 0) is 33.8 Å². The molecule has 0 unspecified atom stereocenters. The standard InChI is InChI=1S/C21H29F2N7O2/c1-11-7-29(8-12(2)31-11)20-26-19(15-5-16(17(22)23)18(24)25-6-15)27-21(28-20)30-9-13(3)32-14(4)10-30/h5-6,11-14,17H,7-10H2,1-4H3,(H2,24,25)/t11-,12+,13-,14+. The number of rotatable bonds is 4. The Balaban J connectivity index is 1.78. The first-order chi connectivity index (χ1) is 15.2. The molecule has 9 nitrogen and oxygen atoms in total. The molecule has 174 valence electrons. The van der Waals surface area contributed by atoms with E-state index in [1.54, 1.807) is 0 Å². The van der Waals surface area contributed by atoms with Crippen molar-refractivity contribution in [2.24, 2.45) is 0 Å². The molecule has 0 saturated carbocycles. The number of hydrogen-bond acceptors (Lipinski definition) is 9. The van der Waals surface area contributed by atoms with E-state index in [0.29, 0.717) is 43.6 Å². The fourth-order valence-corrected chi connectivity index (χ4v) is 4.24. The van der Waals surface area contributed by atoms with Crippen molar-refractivity contribution < 1.29 is 18.3 Å². The highest BCUT2D eigenvalue weighted by molar-refractivity contribution is 5.61. The lowest BCUT2D eigenvalue weighted by molar-refractivity contribution is -0.00618. The van der Waals surface area contributed by atoms with Crippen molar-refractivity contribution in [3.8, 4) is 11.4 Å². The Morgan fingerprint density at radius 3 is 1.78 bits per heavy atom. The summed E-state index contributed by atoms with van der Waals surface area (Å²) in [6, 6.07) is 1.30. The zero-order valence-corrected chi connectivity index (χ0v) is 18.7. The first-order valence-electron chi connectivity index (χ1n) is 10.8. The summed E-state index contributed by atoms with van der Waals surface area (Å²) in [6.45, 7) is 10.4. The number of pyridine rings is 1. The first kappa shape index (κ1) is 22.5. The molecule has 32 heavy (non-hydrogen) atoms. The van der Waals surface area contributed by atoms with Gasteiger partial charge in [-0.3, -0.25) is 0 Å². The van der Waals surface area contributed by atoms with Crippen molar-refractivity contribution in [1.29, 1.82) is 0 Å². The van der Waals surface area contributed by atoms with Gasteiger partial charge in [0.05, 0.1) is 30.0 Å². The van der Waals surface area contributed by atoms with E-state index in [1.807, 2.05) is 37.5 Å². The number of nitrogen functional groups attached to an aromatic ring is 1. The minimum atomic E-state index is -2.75. The lowest BCUT2D eigenvalue weighted by atomic mass is 10.2. The van der Waals surface area contributed by atoms with Crippen molar-refractivity contribution in [3.63, 3.8) is 0 Å². The Morgan fingerprint density at radius 2 is 1.34 bits per heavy atom. The molecule has 2 aliphatic heterocycles. The molecule has 0 radical (unpaired) electrons. The van der Waals surface area contributed by atoms with Gasteiger partial charge in [0.1, 0.15) is 5.82 Å². The number of alkyl halides is 2. The van der Waals surface area contributed by atoms with Crippen molar-refractivity contribution in [2.45, 2.75) is 58.5 Å². The van der Waals surface area contributed by atoms with Crippen LogP contribution in [-0.4, -0.2) is 70.5 Å². The number of nitrogens with two attached hydrogens (primary N) is 1. The molecule has 4 rings (SSSR count). The van der Waals surface area contributed by atoms with E-state index in [1.165, 1.54) is 12.3 Å². The number of morpholine rings is 2. The summed E-state index contributed by atoms with van der Waals surface area (Å²) in [4.78, 5) is 22.0. The van der Waals surface area contributed by atoms with Crippen LogP contribution < -0.4 is 15.5 Å². The predicted octanol–water partition coefficient (Wildman–Crippen LogP) is 2.68. The molecule has 4 atom stereocenters. The van der Waals surface area contributed by atoms with Crippen LogP contribution in [0.15, 0.2) is 12.3 Å². The maximum atomic E-state index is 13.4. The van der Waals surface area contributed by atoms with Gasteiger partial charge in [-0.2, -0.15) is 15.0 Å². The van der Waals surface area contributed by atoms with Crippen molar-refractivity contribution in [1.82, 2.24) is 19.9 Å². The van der Waals surface area contributed by atoms with Crippen LogP contribution in [-0.2, 0) is 9.47 Å². The number of halogens is 2. The predicted molar refractivity (Wildman–Crippen MR) is 117 cm³/mol. The van der Waals surface area contributed by atoms with E-state index in [4.69, 9.17) is 20.2 Å². The average Bonchev–Trinajstić information content (AvgIpc) is 2.72. The molecule has 2 aromatic rings. The molecule has 4 heterocycles. The second-order valence-corrected chi connectivity index (χ2v) is 8.58. The molecule has 0 spiro atoms. The van der Waals surface area contributed by atoms with E-state index < -0.39 is 6.43 Å². The van der Waals surface area contributed by atoms with Crippen LogP contribution in [0.1, 0.15) is 39.7 Å². The van der Waals surface area contributed by atoms with Gasteiger partial charge in [0.2, 0.25) is 11.9 Å². The number of anilines is 3. The van der Waals surface area contributed by atoms with Gasteiger partial charge in [-0.15, -0.1) is 0 Å². The first-order valence-corrected chi connectivity index (χ1v) is 10.8. The molecule has 2 aliphatic rings. The smallest absolute Gasteiger partial charge is 0.267 e. The Morgan fingerprint density at radius 1 is 0.875 bits per heavy atom. The van der Waals surface area contributed by atoms with Crippen LogP contribution in [0.2, 0.25) is 0 Å². The van der Waals surface area contributed by atoms with Gasteiger partial charge in [-0.25, -0.2) is 13.8 Å². The quantitative estimate of drug-likeness (QED) is 0.755. The summed E-state index contributed by atoms with van der Waals surface area (Å²) in [5.41, 5.74) is 5.66. The van der Waals surface area contributed by atoms with Gasteiger partial charge in [0.25, 0.3) is 6.43 Å². The molecule has 2 N–H and O–H groups in total. The molecule has 2 aromatic heterocycles. The molecule has 0 aromatic carbocycles. The topological polar surface area (TPSA) is 103 Å². The minimum Gasteiger partial charge on any atom is -0.383 e. The molecule has 2 fully saturated rings. The largest absolute Gasteiger partial charge is 0.383 e. The molecule has 11 heteroatoms. The lowest BCUT2D eigenvalue weighted by Crippen LogP contribution is -2.48. The van der Waals surface area contributed by atoms with Crippen molar-refractivity contribution in [3.05, 3.63) is 17.8 Å². The average molecular weight is 450 g/mol. The van der Waals surface area contributed by atoms with E-state index in [0.717, 1.165) is 0 Å². The Hall–Kier alpha value is -2.66. The SMILES string of the molecule is C[C@@H]1CN(c2nc(-c3cnc(N)c(C(F)F)c3)nc(N3C[C@@H](C)O[C@@H](C)C3)n2)C[C@H](C)O1. The maximum Gasteiger partial charge on any atom is 0.267 e. The normalized spacial score (nSPS) is 26.6. The summed E-state index contributed by atoms with van der Waals surface area (Å²) in [5.74, 6) is 1.03. The van der Waals surface area contributed by atoms with Crippen LogP contribution in [0, 0.1) is 0 Å². The van der Waals surface area contributed by atoms with Gasteiger partial charge >= 0.3 is 0 Å². The van der Waals surface area contributed by atoms with Crippen molar-refractivity contribution >= 4 is 17.7 Å². The maximum absolute atomic E-state index is 13.4. The number of nitrogens with zero attached hydrogens (tertiary/aromatic N) is 6. The lowest BCUT2D eigenvalue weighted by Gasteiger charge is -2.37. The van der Waals surface area contributed by atoms with Gasteiger partial charge in [0, 0.05) is 37.9 Å². The summed E-state index contributed by atoms with van der Waals surface area (Å²) < 4.78 is 38.5. The molecule has 0 amide bonds. The summed E-state index contributed by atoms with van der Waals surface area (Å²) in [5, 5.41) is 0. The number of aromatic nitrogens is 4. The number of ether oxygens (including phenoxy) is 2. The van der Waals surface area contributed by atoms with E-state index in [9.17, 15) is 8.78 Å². The third kappa shape index (κ3) is 4.88. The summed E-state index contributed by atoms with van der Waals surface area (Å²) in [6.07, 6.45) is -1.29. The Kier molecular flexibility index (Phi) is 6.38. The van der Waals surface area contributed by atoms with E-state index >= 15 is 0 Å². The van der Waals surface area contributed by atoms with Crippen molar-refractivity contribution in [2.75, 3.05) is 41.7 Å². The van der Waals surface area contributed by atoms with E-state index in [2.05, 4.69) is 15.0 Å². The summed E-state index contributed by atoms with van der Waals surface area (Å²) in [7, 11) is 0. The fraction of sp³-hybridized carbons (Fsp3) is 0.619. The molecule has 2 saturated heterocycles. The highest BCUT2D eigenvalue weighted by atomic mass is 19.3. The van der Waals surface area contributed by atoms with Gasteiger partial charge < -0.3 is 25.0 Å². The van der Waals surface area contributed by atoms with Crippen LogP contribution in [0.3, 0.4) is 0 Å². The second-order valence-electron chi connectivity index (χ2n) is 8.58. The Labute approximate surface area is 186 Å². The van der Waals surface area contributed by atoms with Crippen LogP contribution in [0.25, 0.3) is 11.4 Å². The molecular weight excluding hydrogens is 420 g/mol. The molecule has 0 bridgehead atoms. The highest BCUT2D eigenvalue weighted by Crippen LogP contribution is 2.29. The monoisotopic (exact) mass is 449 g/mol. The highest BCUT2D eigenvalue weighted by Gasteiger charge is 2.29. The molecule has 0 aliphatic carbocycles. The fourth-order valence-electron chi connectivity index (χ4n) is 4.24.